The second kappa shape index (κ2) is 7.86. The smallest absolute Gasteiger partial charge is 0.226 e. The third kappa shape index (κ3) is 4.07. The van der Waals surface area contributed by atoms with E-state index in [1.54, 1.807) is 12.4 Å². The molecule has 0 bridgehead atoms. The van der Waals surface area contributed by atoms with Gasteiger partial charge in [-0.2, -0.15) is 10.2 Å². The number of hydrogen-bond donors (Lipinski definition) is 1. The molecule has 0 saturated carbocycles. The number of hydrogen-bond acceptors (Lipinski definition) is 3. The van der Waals surface area contributed by atoms with Crippen molar-refractivity contribution >= 4 is 34.1 Å². The lowest BCUT2D eigenvalue weighted by atomic mass is 10.1. The molecule has 4 aromatic rings. The number of rotatable bonds is 6. The molecule has 1 amide bonds. The van der Waals surface area contributed by atoms with Crippen LogP contribution >= 0.6 is 11.6 Å². The number of halogens is 1. The van der Waals surface area contributed by atoms with Crippen LogP contribution < -0.4 is 5.32 Å². The Labute approximate surface area is 167 Å². The topological polar surface area (TPSA) is 64.7 Å². The Hall–Kier alpha value is -3.12. The van der Waals surface area contributed by atoms with Crippen LogP contribution in [0.15, 0.2) is 61.1 Å². The molecule has 0 saturated heterocycles. The summed E-state index contributed by atoms with van der Waals surface area (Å²) in [6, 6.07) is 13.8. The molecule has 0 spiro atoms. The molecule has 0 aliphatic rings. The van der Waals surface area contributed by atoms with Gasteiger partial charge in [-0.3, -0.25) is 14.2 Å². The number of benzene rings is 2. The number of amides is 1. The summed E-state index contributed by atoms with van der Waals surface area (Å²) in [6.07, 6.45) is 5.59. The Morgan fingerprint density at radius 2 is 2.00 bits per heavy atom. The molecule has 142 valence electrons. The van der Waals surface area contributed by atoms with Gasteiger partial charge in [-0.1, -0.05) is 35.9 Å². The maximum absolute atomic E-state index is 12.3. The number of aromatic nitrogens is 4. The Balaban J connectivity index is 1.35. The first-order valence-corrected chi connectivity index (χ1v) is 9.44. The molecule has 7 heteroatoms. The average molecular weight is 394 g/mol. The average Bonchev–Trinajstić information content (AvgIpc) is 3.28. The first kappa shape index (κ1) is 18.3. The third-order valence-corrected chi connectivity index (χ3v) is 4.90. The van der Waals surface area contributed by atoms with E-state index in [1.165, 1.54) is 11.1 Å². The van der Waals surface area contributed by atoms with E-state index in [4.69, 9.17) is 11.6 Å². The monoisotopic (exact) mass is 393 g/mol. The summed E-state index contributed by atoms with van der Waals surface area (Å²) in [5.74, 6) is -0.0759. The van der Waals surface area contributed by atoms with Crippen LogP contribution in [-0.2, 0) is 17.9 Å². The van der Waals surface area contributed by atoms with Crippen LogP contribution in [0.1, 0.15) is 17.5 Å². The third-order valence-electron chi connectivity index (χ3n) is 4.67. The van der Waals surface area contributed by atoms with Gasteiger partial charge in [0.25, 0.3) is 0 Å². The highest BCUT2D eigenvalue weighted by molar-refractivity contribution is 6.31. The van der Waals surface area contributed by atoms with Crippen molar-refractivity contribution in [2.75, 3.05) is 5.32 Å². The van der Waals surface area contributed by atoms with Crippen LogP contribution in [0.5, 0.6) is 0 Å². The Kier molecular flexibility index (Phi) is 5.12. The predicted octanol–water partition coefficient (Wildman–Crippen LogP) is 4.27. The lowest BCUT2D eigenvalue weighted by Gasteiger charge is -2.06. The number of aryl methyl sites for hydroxylation is 2. The molecule has 1 N–H and O–H groups in total. The van der Waals surface area contributed by atoms with Gasteiger partial charge in [-0.05, 0) is 36.2 Å². The van der Waals surface area contributed by atoms with Crippen molar-refractivity contribution in [3.8, 4) is 0 Å². The minimum atomic E-state index is -0.0759. The molecule has 6 nitrogen and oxygen atoms in total. The highest BCUT2D eigenvalue weighted by Gasteiger charge is 2.08. The minimum Gasteiger partial charge on any atom is -0.323 e. The summed E-state index contributed by atoms with van der Waals surface area (Å²) in [4.78, 5) is 12.3. The van der Waals surface area contributed by atoms with E-state index in [2.05, 4.69) is 34.6 Å². The molecule has 0 radical (unpaired) electrons. The van der Waals surface area contributed by atoms with Crippen LogP contribution in [0.2, 0.25) is 5.02 Å². The van der Waals surface area contributed by atoms with Gasteiger partial charge >= 0.3 is 0 Å². The molecule has 0 unspecified atom stereocenters. The summed E-state index contributed by atoms with van der Waals surface area (Å²) in [7, 11) is 0. The Morgan fingerprint density at radius 3 is 2.86 bits per heavy atom. The number of nitrogens with zero attached hydrogens (tertiary/aromatic N) is 4. The van der Waals surface area contributed by atoms with E-state index in [1.807, 2.05) is 45.9 Å². The van der Waals surface area contributed by atoms with Crippen LogP contribution in [0, 0.1) is 6.92 Å². The second-order valence-electron chi connectivity index (χ2n) is 6.72. The van der Waals surface area contributed by atoms with Crippen molar-refractivity contribution in [1.29, 1.82) is 0 Å². The van der Waals surface area contributed by atoms with Gasteiger partial charge in [-0.25, -0.2) is 0 Å². The second-order valence-corrected chi connectivity index (χ2v) is 7.16. The van der Waals surface area contributed by atoms with E-state index in [-0.39, 0.29) is 5.91 Å². The van der Waals surface area contributed by atoms with Crippen molar-refractivity contribution in [3.05, 3.63) is 77.2 Å². The normalized spacial score (nSPS) is 11.1. The molecule has 2 aromatic carbocycles. The molecule has 0 aliphatic carbocycles. The molecule has 2 aromatic heterocycles. The lowest BCUT2D eigenvalue weighted by molar-refractivity contribution is -0.116. The standard InChI is InChI=1S/C21H20ClN5O/c1-15-4-2-3-5-16(15)13-26-14-19(12-23-26)25-21(28)8-9-27-20-7-6-18(22)10-17(20)11-24-27/h2-7,10-12,14H,8-9,13H2,1H3,(H,25,28). The van der Waals surface area contributed by atoms with Gasteiger partial charge in [-0.15, -0.1) is 0 Å². The molecule has 28 heavy (non-hydrogen) atoms. The van der Waals surface area contributed by atoms with Crippen molar-refractivity contribution in [2.24, 2.45) is 0 Å². The van der Waals surface area contributed by atoms with Crippen LogP contribution in [-0.4, -0.2) is 25.5 Å². The summed E-state index contributed by atoms with van der Waals surface area (Å²) in [6.45, 7) is 3.24. The fourth-order valence-electron chi connectivity index (χ4n) is 3.14. The Morgan fingerprint density at radius 1 is 1.14 bits per heavy atom. The van der Waals surface area contributed by atoms with E-state index >= 15 is 0 Å². The van der Waals surface area contributed by atoms with E-state index in [0.29, 0.717) is 30.2 Å². The summed E-state index contributed by atoms with van der Waals surface area (Å²) in [5, 5.41) is 13.2. The zero-order valence-electron chi connectivity index (χ0n) is 15.5. The van der Waals surface area contributed by atoms with Crippen LogP contribution in [0.25, 0.3) is 10.9 Å². The van der Waals surface area contributed by atoms with Crippen LogP contribution in [0.4, 0.5) is 5.69 Å². The predicted molar refractivity (Wildman–Crippen MR) is 110 cm³/mol. The van der Waals surface area contributed by atoms with Gasteiger partial charge in [0.1, 0.15) is 0 Å². The largest absolute Gasteiger partial charge is 0.323 e. The zero-order valence-corrected chi connectivity index (χ0v) is 16.2. The van der Waals surface area contributed by atoms with Crippen molar-refractivity contribution in [2.45, 2.75) is 26.4 Å². The van der Waals surface area contributed by atoms with Crippen LogP contribution in [0.3, 0.4) is 0 Å². The Bertz CT molecular complexity index is 1130. The first-order chi connectivity index (χ1) is 13.6. The summed E-state index contributed by atoms with van der Waals surface area (Å²) in [5.41, 5.74) is 4.07. The van der Waals surface area contributed by atoms with Crippen molar-refractivity contribution in [1.82, 2.24) is 19.6 Å². The molecular formula is C21H20ClN5O. The first-order valence-electron chi connectivity index (χ1n) is 9.06. The van der Waals surface area contributed by atoms with Gasteiger partial charge < -0.3 is 5.32 Å². The molecule has 2 heterocycles. The maximum atomic E-state index is 12.3. The maximum Gasteiger partial charge on any atom is 0.226 e. The molecule has 0 atom stereocenters. The van der Waals surface area contributed by atoms with Gasteiger partial charge in [0, 0.05) is 23.0 Å². The van der Waals surface area contributed by atoms with Gasteiger partial charge in [0.2, 0.25) is 5.91 Å². The highest BCUT2D eigenvalue weighted by Crippen LogP contribution is 2.19. The highest BCUT2D eigenvalue weighted by atomic mass is 35.5. The molecule has 4 rings (SSSR count). The van der Waals surface area contributed by atoms with Crippen molar-refractivity contribution in [3.63, 3.8) is 0 Å². The minimum absolute atomic E-state index is 0.0759. The van der Waals surface area contributed by atoms with E-state index < -0.39 is 0 Å². The van der Waals surface area contributed by atoms with Gasteiger partial charge in [0.15, 0.2) is 0 Å². The molecule has 0 aliphatic heterocycles. The quantitative estimate of drug-likeness (QED) is 0.532. The summed E-state index contributed by atoms with van der Waals surface area (Å²) >= 11 is 6.00. The van der Waals surface area contributed by atoms with E-state index in [0.717, 1.165) is 10.9 Å². The van der Waals surface area contributed by atoms with E-state index in [9.17, 15) is 4.79 Å². The fraction of sp³-hybridized carbons (Fsp3) is 0.190. The van der Waals surface area contributed by atoms with Crippen molar-refractivity contribution < 1.29 is 4.79 Å². The number of carbonyl (C=O) groups excluding carboxylic acids is 1. The number of anilines is 1. The number of carbonyl (C=O) groups is 1. The molecular weight excluding hydrogens is 374 g/mol. The number of nitrogens with one attached hydrogen (secondary N) is 1. The zero-order chi connectivity index (χ0) is 19.5. The summed E-state index contributed by atoms with van der Waals surface area (Å²) < 4.78 is 3.63. The molecule has 0 fully saturated rings. The van der Waals surface area contributed by atoms with Gasteiger partial charge in [0.05, 0.1) is 36.7 Å². The SMILES string of the molecule is Cc1ccccc1Cn1cc(NC(=O)CCn2ncc3cc(Cl)ccc32)cn1. The fourth-order valence-corrected chi connectivity index (χ4v) is 3.32. The number of fused-ring (bicyclic) bond motifs is 1. The lowest BCUT2D eigenvalue weighted by Crippen LogP contribution is -2.14.